The SMILES string of the molecule is CCCNC(C)C1CCCN(CC(O)CC)C1. The standard InChI is InChI=1S/C14H30N2O/c1-4-8-15-12(3)13-7-6-9-16(10-13)11-14(17)5-2/h12-15,17H,4-11H2,1-3H3. The first-order valence-corrected chi connectivity index (χ1v) is 7.31. The second-order valence-corrected chi connectivity index (χ2v) is 5.47. The van der Waals surface area contributed by atoms with Crippen molar-refractivity contribution in [2.45, 2.75) is 58.6 Å². The van der Waals surface area contributed by atoms with Gasteiger partial charge in [0.1, 0.15) is 0 Å². The van der Waals surface area contributed by atoms with Gasteiger partial charge in [-0.15, -0.1) is 0 Å². The summed E-state index contributed by atoms with van der Waals surface area (Å²) in [6.45, 7) is 10.9. The lowest BCUT2D eigenvalue weighted by molar-refractivity contribution is 0.0752. The summed E-state index contributed by atoms with van der Waals surface area (Å²) in [7, 11) is 0. The van der Waals surface area contributed by atoms with Gasteiger partial charge < -0.3 is 15.3 Å². The molecule has 102 valence electrons. The topological polar surface area (TPSA) is 35.5 Å². The third-order valence-corrected chi connectivity index (χ3v) is 3.91. The van der Waals surface area contributed by atoms with Crippen LogP contribution in [0.1, 0.15) is 46.5 Å². The summed E-state index contributed by atoms with van der Waals surface area (Å²) in [5.74, 6) is 0.749. The van der Waals surface area contributed by atoms with E-state index in [0.29, 0.717) is 6.04 Å². The number of hydrogen-bond donors (Lipinski definition) is 2. The first-order valence-electron chi connectivity index (χ1n) is 7.31. The molecule has 1 rings (SSSR count). The third-order valence-electron chi connectivity index (χ3n) is 3.91. The van der Waals surface area contributed by atoms with Gasteiger partial charge in [0.05, 0.1) is 6.10 Å². The largest absolute Gasteiger partial charge is 0.392 e. The Kier molecular flexibility index (Phi) is 7.09. The summed E-state index contributed by atoms with van der Waals surface area (Å²) in [5, 5.41) is 13.3. The van der Waals surface area contributed by atoms with Crippen LogP contribution in [0.3, 0.4) is 0 Å². The molecule has 0 bridgehead atoms. The van der Waals surface area contributed by atoms with Crippen LogP contribution in [-0.4, -0.2) is 48.3 Å². The number of piperidine rings is 1. The molecule has 17 heavy (non-hydrogen) atoms. The minimum absolute atomic E-state index is 0.146. The van der Waals surface area contributed by atoms with E-state index in [1.54, 1.807) is 0 Å². The molecule has 0 saturated carbocycles. The maximum Gasteiger partial charge on any atom is 0.0664 e. The molecule has 3 unspecified atom stereocenters. The molecule has 0 aromatic heterocycles. The second-order valence-electron chi connectivity index (χ2n) is 5.47. The quantitative estimate of drug-likeness (QED) is 0.715. The maximum atomic E-state index is 9.72. The Bertz CT molecular complexity index is 199. The van der Waals surface area contributed by atoms with Crippen molar-refractivity contribution < 1.29 is 5.11 Å². The number of β-amino-alcohol motifs (C(OH)–C–C–N with tert-alkyl or cyclic N) is 1. The molecule has 0 aromatic rings. The lowest BCUT2D eigenvalue weighted by Gasteiger charge is -2.37. The van der Waals surface area contributed by atoms with E-state index in [4.69, 9.17) is 0 Å². The van der Waals surface area contributed by atoms with Crippen molar-refractivity contribution in [3.8, 4) is 0 Å². The van der Waals surface area contributed by atoms with E-state index < -0.39 is 0 Å². The van der Waals surface area contributed by atoms with Crippen molar-refractivity contribution in [3.63, 3.8) is 0 Å². The molecule has 0 radical (unpaired) electrons. The van der Waals surface area contributed by atoms with Gasteiger partial charge in [-0.05, 0) is 51.6 Å². The van der Waals surface area contributed by atoms with Crippen LogP contribution >= 0.6 is 0 Å². The monoisotopic (exact) mass is 242 g/mol. The number of hydrogen-bond acceptors (Lipinski definition) is 3. The van der Waals surface area contributed by atoms with E-state index in [9.17, 15) is 5.11 Å². The zero-order valence-corrected chi connectivity index (χ0v) is 11.8. The van der Waals surface area contributed by atoms with E-state index in [1.807, 2.05) is 0 Å². The fourth-order valence-corrected chi connectivity index (χ4v) is 2.63. The van der Waals surface area contributed by atoms with Gasteiger partial charge in [-0.25, -0.2) is 0 Å². The van der Waals surface area contributed by atoms with Crippen LogP contribution in [0.15, 0.2) is 0 Å². The van der Waals surface area contributed by atoms with Gasteiger partial charge in [-0.3, -0.25) is 0 Å². The Labute approximate surface area is 107 Å². The Morgan fingerprint density at radius 2 is 2.18 bits per heavy atom. The highest BCUT2D eigenvalue weighted by molar-refractivity contribution is 4.81. The molecular formula is C14H30N2O. The highest BCUT2D eigenvalue weighted by Gasteiger charge is 2.24. The molecule has 1 fully saturated rings. The lowest BCUT2D eigenvalue weighted by atomic mass is 9.91. The van der Waals surface area contributed by atoms with Crippen LogP contribution in [0, 0.1) is 5.92 Å². The van der Waals surface area contributed by atoms with Gasteiger partial charge >= 0.3 is 0 Å². The Balaban J connectivity index is 2.32. The second kappa shape index (κ2) is 8.06. The van der Waals surface area contributed by atoms with Gasteiger partial charge in [-0.1, -0.05) is 13.8 Å². The van der Waals surface area contributed by atoms with Crippen LogP contribution in [-0.2, 0) is 0 Å². The van der Waals surface area contributed by atoms with Crippen molar-refractivity contribution in [1.82, 2.24) is 10.2 Å². The first kappa shape index (κ1) is 14.9. The average molecular weight is 242 g/mol. The van der Waals surface area contributed by atoms with Crippen LogP contribution in [0.4, 0.5) is 0 Å². The van der Waals surface area contributed by atoms with Crippen molar-refractivity contribution in [1.29, 1.82) is 0 Å². The van der Waals surface area contributed by atoms with Gasteiger partial charge in [0.15, 0.2) is 0 Å². The highest BCUT2D eigenvalue weighted by atomic mass is 16.3. The Morgan fingerprint density at radius 3 is 2.82 bits per heavy atom. The average Bonchev–Trinajstić information content (AvgIpc) is 2.36. The third kappa shape index (κ3) is 5.36. The summed E-state index contributed by atoms with van der Waals surface area (Å²) in [4.78, 5) is 2.44. The normalized spacial score (nSPS) is 25.8. The molecule has 1 aliphatic heterocycles. The van der Waals surface area contributed by atoms with E-state index in [2.05, 4.69) is 31.0 Å². The number of aliphatic hydroxyl groups is 1. The molecule has 0 amide bonds. The van der Waals surface area contributed by atoms with Crippen LogP contribution in [0.25, 0.3) is 0 Å². The Hall–Kier alpha value is -0.120. The van der Waals surface area contributed by atoms with E-state index in [1.165, 1.54) is 19.3 Å². The van der Waals surface area contributed by atoms with Crippen molar-refractivity contribution in [3.05, 3.63) is 0 Å². The number of nitrogens with one attached hydrogen (secondary N) is 1. The van der Waals surface area contributed by atoms with Gasteiger partial charge in [-0.2, -0.15) is 0 Å². The summed E-state index contributed by atoms with van der Waals surface area (Å²) in [5.41, 5.74) is 0. The van der Waals surface area contributed by atoms with E-state index >= 15 is 0 Å². The van der Waals surface area contributed by atoms with Crippen molar-refractivity contribution in [2.24, 2.45) is 5.92 Å². The van der Waals surface area contributed by atoms with Crippen LogP contribution in [0.5, 0.6) is 0 Å². The van der Waals surface area contributed by atoms with E-state index in [-0.39, 0.29) is 6.10 Å². The first-order chi connectivity index (χ1) is 8.17. The zero-order chi connectivity index (χ0) is 12.7. The molecule has 1 saturated heterocycles. The van der Waals surface area contributed by atoms with Crippen LogP contribution in [0.2, 0.25) is 0 Å². The molecule has 0 aliphatic carbocycles. The van der Waals surface area contributed by atoms with Gasteiger partial charge in [0.2, 0.25) is 0 Å². The summed E-state index contributed by atoms with van der Waals surface area (Å²) < 4.78 is 0. The molecule has 3 nitrogen and oxygen atoms in total. The van der Waals surface area contributed by atoms with Crippen LogP contribution < -0.4 is 5.32 Å². The number of nitrogens with zero attached hydrogens (tertiary/aromatic N) is 1. The number of rotatable bonds is 7. The van der Waals surface area contributed by atoms with Gasteiger partial charge in [0.25, 0.3) is 0 Å². The molecule has 2 N–H and O–H groups in total. The predicted molar refractivity (Wildman–Crippen MR) is 73.2 cm³/mol. The zero-order valence-electron chi connectivity index (χ0n) is 11.8. The number of likely N-dealkylation sites (tertiary alicyclic amines) is 1. The molecule has 1 aliphatic rings. The molecule has 0 spiro atoms. The lowest BCUT2D eigenvalue weighted by Crippen LogP contribution is -2.46. The minimum atomic E-state index is -0.146. The predicted octanol–water partition coefficient (Wildman–Crippen LogP) is 1.86. The minimum Gasteiger partial charge on any atom is -0.392 e. The fourth-order valence-electron chi connectivity index (χ4n) is 2.63. The summed E-state index contributed by atoms with van der Waals surface area (Å²) in [6, 6.07) is 0.608. The van der Waals surface area contributed by atoms with Crippen molar-refractivity contribution in [2.75, 3.05) is 26.2 Å². The summed E-state index contributed by atoms with van der Waals surface area (Å²) in [6.07, 6.45) is 4.53. The Morgan fingerprint density at radius 1 is 1.41 bits per heavy atom. The van der Waals surface area contributed by atoms with Gasteiger partial charge in [0, 0.05) is 19.1 Å². The molecular weight excluding hydrogens is 212 g/mol. The smallest absolute Gasteiger partial charge is 0.0664 e. The molecule has 3 heteroatoms. The maximum absolute atomic E-state index is 9.72. The molecule has 1 heterocycles. The molecule has 0 aromatic carbocycles. The fraction of sp³-hybridized carbons (Fsp3) is 1.00. The molecule has 3 atom stereocenters. The number of aliphatic hydroxyl groups excluding tert-OH is 1. The highest BCUT2D eigenvalue weighted by Crippen LogP contribution is 2.20. The van der Waals surface area contributed by atoms with Crippen molar-refractivity contribution >= 4 is 0 Å². The summed E-state index contributed by atoms with van der Waals surface area (Å²) >= 11 is 0. The van der Waals surface area contributed by atoms with E-state index in [0.717, 1.165) is 38.5 Å².